The molecule has 0 saturated heterocycles. The van der Waals surface area contributed by atoms with Gasteiger partial charge in [-0.15, -0.1) is 0 Å². The summed E-state index contributed by atoms with van der Waals surface area (Å²) >= 11 is 12.3. The van der Waals surface area contributed by atoms with Crippen molar-refractivity contribution in [3.8, 4) is 0 Å². The maximum Gasteiger partial charge on any atom is 0.253 e. The molecule has 98 valence electrons. The van der Waals surface area contributed by atoms with Gasteiger partial charge >= 0.3 is 0 Å². The molecule has 1 heterocycles. The predicted molar refractivity (Wildman–Crippen MR) is 76.3 cm³/mol. The maximum absolute atomic E-state index is 11.9. The normalized spacial score (nSPS) is 11.1. The first-order valence-electron chi connectivity index (χ1n) is 5.71. The van der Waals surface area contributed by atoms with E-state index < -0.39 is 4.46 Å². The fourth-order valence-electron chi connectivity index (χ4n) is 1.64. The summed E-state index contributed by atoms with van der Waals surface area (Å²) < 4.78 is -1.35. The van der Waals surface area contributed by atoms with Crippen LogP contribution in [-0.4, -0.2) is 15.3 Å². The number of alkyl halides is 2. The van der Waals surface area contributed by atoms with Gasteiger partial charge in [-0.3, -0.25) is 9.78 Å². The summed E-state index contributed by atoms with van der Waals surface area (Å²) in [6.45, 7) is 0. The van der Waals surface area contributed by atoms with Crippen molar-refractivity contribution < 1.29 is 4.79 Å². The molecule has 0 atom stereocenters. The summed E-state index contributed by atoms with van der Waals surface area (Å²) in [4.78, 5) is 15.8. The van der Waals surface area contributed by atoms with E-state index in [9.17, 15) is 4.79 Å². The van der Waals surface area contributed by atoms with E-state index in [4.69, 9.17) is 23.2 Å². The Balaban J connectivity index is 2.03. The molecule has 1 amide bonds. The first kappa shape index (κ1) is 13.8. The van der Waals surface area contributed by atoms with E-state index in [1.165, 1.54) is 12.4 Å². The number of nitrogens with one attached hydrogen (secondary N) is 1. The lowest BCUT2D eigenvalue weighted by atomic mass is 10.1. The lowest BCUT2D eigenvalue weighted by Gasteiger charge is -2.21. The molecule has 1 aromatic carbocycles. The molecule has 1 N–H and O–H groups in total. The van der Waals surface area contributed by atoms with E-state index in [2.05, 4.69) is 10.3 Å². The van der Waals surface area contributed by atoms with Crippen molar-refractivity contribution in [2.24, 2.45) is 0 Å². The fraction of sp³-hybridized carbons (Fsp3) is 0.143. The van der Waals surface area contributed by atoms with Crippen molar-refractivity contribution in [2.45, 2.75) is 10.9 Å². The van der Waals surface area contributed by atoms with E-state index in [-0.39, 0.29) is 5.91 Å². The van der Waals surface area contributed by atoms with Crippen LogP contribution in [0.1, 0.15) is 15.9 Å². The Morgan fingerprint density at radius 3 is 2.37 bits per heavy atom. The SMILES string of the molecule is O=C(NC(Cl)(Cl)Cc1ccccc1)c1ccncc1. The van der Waals surface area contributed by atoms with Gasteiger partial charge in [-0.25, -0.2) is 0 Å². The van der Waals surface area contributed by atoms with Crippen LogP contribution in [0.2, 0.25) is 0 Å². The third-order valence-corrected chi connectivity index (χ3v) is 2.96. The number of aromatic nitrogens is 1. The zero-order valence-corrected chi connectivity index (χ0v) is 11.5. The van der Waals surface area contributed by atoms with E-state index in [0.29, 0.717) is 12.0 Å². The molecule has 2 aromatic rings. The van der Waals surface area contributed by atoms with Crippen molar-refractivity contribution in [3.63, 3.8) is 0 Å². The number of amides is 1. The molecule has 0 bridgehead atoms. The van der Waals surface area contributed by atoms with Crippen LogP contribution in [0.4, 0.5) is 0 Å². The van der Waals surface area contributed by atoms with Gasteiger partial charge in [-0.05, 0) is 17.7 Å². The van der Waals surface area contributed by atoms with E-state index in [0.717, 1.165) is 5.56 Å². The summed E-state index contributed by atoms with van der Waals surface area (Å²) in [5.74, 6) is -0.330. The largest absolute Gasteiger partial charge is 0.321 e. The molecule has 2 rings (SSSR count). The number of hydrogen-bond donors (Lipinski definition) is 1. The zero-order valence-electron chi connectivity index (χ0n) is 10.0. The molecular weight excluding hydrogens is 283 g/mol. The molecule has 0 aliphatic carbocycles. The minimum Gasteiger partial charge on any atom is -0.321 e. The average Bonchev–Trinajstić information content (AvgIpc) is 2.39. The first-order valence-corrected chi connectivity index (χ1v) is 6.47. The lowest BCUT2D eigenvalue weighted by Crippen LogP contribution is -2.40. The standard InChI is InChI=1S/C14H12Cl2N2O/c15-14(16,10-11-4-2-1-3-5-11)18-13(19)12-6-8-17-9-7-12/h1-9H,10H2,(H,18,19). The highest BCUT2D eigenvalue weighted by atomic mass is 35.5. The van der Waals surface area contributed by atoms with Gasteiger partial charge in [0, 0.05) is 24.4 Å². The number of nitrogens with zero attached hydrogens (tertiary/aromatic N) is 1. The summed E-state index contributed by atoms with van der Waals surface area (Å²) in [6.07, 6.45) is 3.40. The molecule has 0 saturated carbocycles. The Morgan fingerprint density at radius 2 is 1.74 bits per heavy atom. The second-order valence-corrected chi connectivity index (χ2v) is 5.54. The van der Waals surface area contributed by atoms with Crippen LogP contribution in [0, 0.1) is 0 Å². The fourth-order valence-corrected chi connectivity index (χ4v) is 2.12. The first-order chi connectivity index (χ1) is 9.07. The summed E-state index contributed by atoms with van der Waals surface area (Å²) in [5.41, 5.74) is 1.41. The number of halogens is 2. The third kappa shape index (κ3) is 4.23. The van der Waals surface area contributed by atoms with Crippen molar-refractivity contribution in [2.75, 3.05) is 0 Å². The quantitative estimate of drug-likeness (QED) is 0.695. The lowest BCUT2D eigenvalue weighted by molar-refractivity contribution is 0.0943. The van der Waals surface area contributed by atoms with Gasteiger partial charge in [0.05, 0.1) is 0 Å². The van der Waals surface area contributed by atoms with Crippen molar-refractivity contribution in [1.82, 2.24) is 10.3 Å². The molecule has 1 aromatic heterocycles. The second-order valence-electron chi connectivity index (χ2n) is 4.06. The van der Waals surface area contributed by atoms with Crippen LogP contribution in [-0.2, 0) is 6.42 Å². The highest BCUT2D eigenvalue weighted by Crippen LogP contribution is 2.23. The molecule has 0 aliphatic rings. The van der Waals surface area contributed by atoms with Gasteiger partial charge in [0.15, 0.2) is 4.46 Å². The van der Waals surface area contributed by atoms with Crippen molar-refractivity contribution >= 4 is 29.1 Å². The highest BCUT2D eigenvalue weighted by Gasteiger charge is 2.27. The van der Waals surface area contributed by atoms with E-state index in [1.54, 1.807) is 12.1 Å². The highest BCUT2D eigenvalue weighted by molar-refractivity contribution is 6.49. The van der Waals surface area contributed by atoms with Crippen LogP contribution in [0.3, 0.4) is 0 Å². The Labute approximate surface area is 121 Å². The maximum atomic E-state index is 11.9. The van der Waals surface area contributed by atoms with E-state index >= 15 is 0 Å². The number of benzene rings is 1. The van der Waals surface area contributed by atoms with Crippen LogP contribution in [0.15, 0.2) is 54.9 Å². The number of carbonyl (C=O) groups is 1. The van der Waals surface area contributed by atoms with Crippen LogP contribution in [0.25, 0.3) is 0 Å². The average molecular weight is 295 g/mol. The number of carbonyl (C=O) groups excluding carboxylic acids is 1. The molecule has 0 spiro atoms. The molecule has 5 heteroatoms. The van der Waals surface area contributed by atoms with Crippen molar-refractivity contribution in [1.29, 1.82) is 0 Å². The van der Waals surface area contributed by atoms with Crippen LogP contribution < -0.4 is 5.32 Å². The summed E-state index contributed by atoms with van der Waals surface area (Å²) in [5, 5.41) is 2.59. The predicted octanol–water partition coefficient (Wildman–Crippen LogP) is 3.19. The topological polar surface area (TPSA) is 42.0 Å². The second kappa shape index (κ2) is 6.04. The summed E-state index contributed by atoms with van der Waals surface area (Å²) in [7, 11) is 0. The Morgan fingerprint density at radius 1 is 1.11 bits per heavy atom. The van der Waals surface area contributed by atoms with Gasteiger partial charge < -0.3 is 5.32 Å². The van der Waals surface area contributed by atoms with E-state index in [1.807, 2.05) is 30.3 Å². The Kier molecular flexibility index (Phi) is 4.40. The third-order valence-electron chi connectivity index (χ3n) is 2.51. The molecule has 0 unspecified atom stereocenters. The van der Waals surface area contributed by atoms with Gasteiger partial charge in [0.2, 0.25) is 0 Å². The molecule has 0 aliphatic heterocycles. The minimum atomic E-state index is -1.35. The molecule has 19 heavy (non-hydrogen) atoms. The smallest absolute Gasteiger partial charge is 0.253 e. The van der Waals surface area contributed by atoms with Crippen molar-refractivity contribution in [3.05, 3.63) is 66.0 Å². The molecule has 0 radical (unpaired) electrons. The zero-order chi connectivity index (χ0) is 13.7. The summed E-state index contributed by atoms with van der Waals surface area (Å²) in [6, 6.07) is 12.7. The molecule has 0 fully saturated rings. The van der Waals surface area contributed by atoms with Crippen LogP contribution >= 0.6 is 23.2 Å². The molecule has 3 nitrogen and oxygen atoms in total. The Bertz CT molecular complexity index is 544. The van der Waals surface area contributed by atoms with Gasteiger partial charge in [0.25, 0.3) is 5.91 Å². The number of hydrogen-bond acceptors (Lipinski definition) is 2. The van der Waals surface area contributed by atoms with Crippen LogP contribution in [0.5, 0.6) is 0 Å². The Hall–Kier alpha value is -1.58. The number of rotatable bonds is 4. The molecular formula is C14H12Cl2N2O. The minimum absolute atomic E-state index is 0.327. The number of pyridine rings is 1. The van der Waals surface area contributed by atoms with Gasteiger partial charge in [-0.2, -0.15) is 0 Å². The monoisotopic (exact) mass is 294 g/mol. The van der Waals surface area contributed by atoms with Gasteiger partial charge in [0.1, 0.15) is 0 Å². The van der Waals surface area contributed by atoms with Gasteiger partial charge in [-0.1, -0.05) is 53.5 Å².